The number of rotatable bonds is 6. The number of hydrogen-bond acceptors (Lipinski definition) is 5. The van der Waals surface area contributed by atoms with Crippen LogP contribution in [-0.2, 0) is 11.2 Å². The minimum Gasteiger partial charge on any atom is -0.508 e. The molecule has 2 N–H and O–H groups in total. The van der Waals surface area contributed by atoms with E-state index in [1.54, 1.807) is 37.4 Å². The van der Waals surface area contributed by atoms with Crippen LogP contribution in [0.15, 0.2) is 36.4 Å². The van der Waals surface area contributed by atoms with E-state index in [2.05, 4.69) is 0 Å². The fourth-order valence-electron chi connectivity index (χ4n) is 2.33. The highest BCUT2D eigenvalue weighted by Crippen LogP contribution is 2.39. The smallest absolute Gasteiger partial charge is 0.200 e. The Morgan fingerprint density at radius 2 is 1.59 bits per heavy atom. The summed E-state index contributed by atoms with van der Waals surface area (Å²) in [4.78, 5) is 0. The van der Waals surface area contributed by atoms with Crippen LogP contribution in [0.1, 0.15) is 17.2 Å². The lowest BCUT2D eigenvalue weighted by Gasteiger charge is -2.19. The fraction of sp³-hybridized carbons (Fsp3) is 0.294. The monoisotopic (exact) mass is 304 g/mol. The van der Waals surface area contributed by atoms with Gasteiger partial charge in [0, 0.05) is 13.5 Å². The molecule has 0 bridgehead atoms. The average Bonchev–Trinajstić information content (AvgIpc) is 2.53. The lowest BCUT2D eigenvalue weighted by molar-refractivity contribution is 0.103. The third-order valence-corrected chi connectivity index (χ3v) is 3.49. The molecule has 2 aromatic rings. The van der Waals surface area contributed by atoms with Crippen molar-refractivity contribution in [1.29, 1.82) is 0 Å². The van der Waals surface area contributed by atoms with Gasteiger partial charge < -0.3 is 24.4 Å². The van der Waals surface area contributed by atoms with Gasteiger partial charge in [0.15, 0.2) is 11.5 Å². The van der Waals surface area contributed by atoms with Crippen LogP contribution in [0.5, 0.6) is 23.0 Å². The molecule has 22 heavy (non-hydrogen) atoms. The summed E-state index contributed by atoms with van der Waals surface area (Å²) in [6.07, 6.45) is 0.312. The van der Waals surface area contributed by atoms with Crippen LogP contribution in [0, 0.1) is 0 Å². The van der Waals surface area contributed by atoms with Crippen molar-refractivity contribution in [2.45, 2.75) is 12.5 Å². The molecule has 0 aliphatic heterocycles. The first kappa shape index (κ1) is 16.0. The predicted octanol–water partition coefficient (Wildman–Crippen LogP) is 3.05. The Morgan fingerprint density at radius 1 is 0.955 bits per heavy atom. The van der Waals surface area contributed by atoms with Crippen molar-refractivity contribution in [2.75, 3.05) is 21.3 Å². The molecule has 0 spiro atoms. The van der Waals surface area contributed by atoms with Crippen LogP contribution >= 0.6 is 0 Å². The Balaban J connectivity index is 2.34. The molecule has 0 aliphatic rings. The van der Waals surface area contributed by atoms with Crippen LogP contribution in [0.3, 0.4) is 0 Å². The van der Waals surface area contributed by atoms with E-state index < -0.39 is 0 Å². The zero-order valence-corrected chi connectivity index (χ0v) is 12.9. The standard InChI is InChI=1S/C17H20O5/c1-20-14(8-11-5-4-6-13(18)7-11)12-9-15(21-2)17(19)16(10-12)22-3/h4-7,9-10,14,18-19H,8H2,1-3H3. The van der Waals surface area contributed by atoms with E-state index in [0.717, 1.165) is 11.1 Å². The van der Waals surface area contributed by atoms with Crippen LogP contribution in [0.25, 0.3) is 0 Å². The van der Waals surface area contributed by atoms with Crippen molar-refractivity contribution in [3.8, 4) is 23.0 Å². The molecule has 5 nitrogen and oxygen atoms in total. The highest BCUT2D eigenvalue weighted by atomic mass is 16.5. The van der Waals surface area contributed by atoms with Gasteiger partial charge in [0.2, 0.25) is 5.75 Å². The van der Waals surface area contributed by atoms with Gasteiger partial charge in [0.05, 0.1) is 20.3 Å². The SMILES string of the molecule is COc1cc(C(Cc2cccc(O)c2)OC)cc(OC)c1O. The molecule has 0 fully saturated rings. The first-order valence-electron chi connectivity index (χ1n) is 6.84. The molecule has 118 valence electrons. The molecule has 0 saturated heterocycles. The molecule has 2 rings (SSSR count). The lowest BCUT2D eigenvalue weighted by atomic mass is 10.00. The Morgan fingerprint density at radius 3 is 2.09 bits per heavy atom. The molecule has 0 radical (unpaired) electrons. The summed E-state index contributed by atoms with van der Waals surface area (Å²) in [6, 6.07) is 10.5. The third-order valence-electron chi connectivity index (χ3n) is 3.49. The Bertz CT molecular complexity index is 614. The summed E-state index contributed by atoms with van der Waals surface area (Å²) in [5.74, 6) is 0.828. The average molecular weight is 304 g/mol. The molecule has 2 aromatic carbocycles. The van der Waals surface area contributed by atoms with Gasteiger partial charge in [-0.3, -0.25) is 0 Å². The van der Waals surface area contributed by atoms with Crippen LogP contribution in [0.4, 0.5) is 0 Å². The van der Waals surface area contributed by atoms with E-state index in [1.165, 1.54) is 14.2 Å². The van der Waals surface area contributed by atoms with Crippen LogP contribution in [-0.4, -0.2) is 31.5 Å². The maximum atomic E-state index is 9.97. The highest BCUT2D eigenvalue weighted by Gasteiger charge is 2.18. The van der Waals surface area contributed by atoms with Gasteiger partial charge in [-0.2, -0.15) is 0 Å². The highest BCUT2D eigenvalue weighted by molar-refractivity contribution is 5.53. The summed E-state index contributed by atoms with van der Waals surface area (Å²) in [5.41, 5.74) is 1.76. The Hall–Kier alpha value is -2.40. The largest absolute Gasteiger partial charge is 0.508 e. The predicted molar refractivity (Wildman–Crippen MR) is 82.8 cm³/mol. The molecule has 0 aromatic heterocycles. The topological polar surface area (TPSA) is 68.2 Å². The third kappa shape index (κ3) is 3.43. The maximum Gasteiger partial charge on any atom is 0.200 e. The lowest BCUT2D eigenvalue weighted by Crippen LogP contribution is -2.06. The molecule has 0 aliphatic carbocycles. The van der Waals surface area contributed by atoms with Gasteiger partial charge in [-0.15, -0.1) is 0 Å². The quantitative estimate of drug-likeness (QED) is 0.858. The van der Waals surface area contributed by atoms with Crippen molar-refractivity contribution >= 4 is 0 Å². The fourth-order valence-corrected chi connectivity index (χ4v) is 2.33. The van der Waals surface area contributed by atoms with Crippen LogP contribution in [0.2, 0.25) is 0 Å². The van der Waals surface area contributed by atoms with Gasteiger partial charge in [-0.25, -0.2) is 0 Å². The van der Waals surface area contributed by atoms with E-state index in [4.69, 9.17) is 14.2 Å². The van der Waals surface area contributed by atoms with E-state index in [1.807, 2.05) is 6.07 Å². The number of phenolic OH excluding ortho intramolecular Hbond substituents is 2. The van der Waals surface area contributed by atoms with Crippen molar-refractivity contribution < 1.29 is 24.4 Å². The number of phenols is 2. The molecule has 5 heteroatoms. The van der Waals surface area contributed by atoms with E-state index >= 15 is 0 Å². The number of hydrogen-bond donors (Lipinski definition) is 2. The molecule has 0 heterocycles. The summed E-state index contributed by atoms with van der Waals surface area (Å²) in [6.45, 7) is 0. The van der Waals surface area contributed by atoms with Gasteiger partial charge in [0.25, 0.3) is 0 Å². The second kappa shape index (κ2) is 7.04. The summed E-state index contributed by atoms with van der Waals surface area (Å²) < 4.78 is 15.9. The molecular formula is C17H20O5. The van der Waals surface area contributed by atoms with Crippen molar-refractivity contribution in [1.82, 2.24) is 0 Å². The van der Waals surface area contributed by atoms with E-state index in [9.17, 15) is 10.2 Å². The van der Waals surface area contributed by atoms with E-state index in [-0.39, 0.29) is 17.6 Å². The zero-order chi connectivity index (χ0) is 16.1. The molecule has 1 atom stereocenters. The number of benzene rings is 2. The minimum absolute atomic E-state index is 0.0408. The molecule has 0 saturated carbocycles. The van der Waals surface area contributed by atoms with Gasteiger partial charge >= 0.3 is 0 Å². The van der Waals surface area contributed by atoms with Gasteiger partial charge in [0.1, 0.15) is 5.75 Å². The minimum atomic E-state index is -0.259. The Kier molecular flexibility index (Phi) is 5.12. The van der Waals surface area contributed by atoms with Crippen molar-refractivity contribution in [2.24, 2.45) is 0 Å². The summed E-state index contributed by atoms with van der Waals surface area (Å²) in [5, 5.41) is 19.5. The first-order chi connectivity index (χ1) is 10.6. The zero-order valence-electron chi connectivity index (χ0n) is 12.9. The Labute approximate surface area is 129 Å². The molecule has 0 amide bonds. The van der Waals surface area contributed by atoms with Crippen molar-refractivity contribution in [3.63, 3.8) is 0 Å². The molecule has 1 unspecified atom stereocenters. The molecular weight excluding hydrogens is 284 g/mol. The summed E-state index contributed by atoms with van der Waals surface area (Å²) in [7, 11) is 4.57. The van der Waals surface area contributed by atoms with Crippen LogP contribution < -0.4 is 9.47 Å². The van der Waals surface area contributed by atoms with Gasteiger partial charge in [-0.1, -0.05) is 12.1 Å². The first-order valence-corrected chi connectivity index (χ1v) is 6.84. The van der Waals surface area contributed by atoms with Crippen molar-refractivity contribution in [3.05, 3.63) is 47.5 Å². The number of methoxy groups -OCH3 is 3. The number of ether oxygens (including phenoxy) is 3. The normalized spacial score (nSPS) is 12.0. The summed E-state index contributed by atoms with van der Waals surface area (Å²) >= 11 is 0. The number of aromatic hydroxyl groups is 2. The maximum absolute atomic E-state index is 9.97. The van der Waals surface area contributed by atoms with E-state index in [0.29, 0.717) is 17.9 Å². The van der Waals surface area contributed by atoms with Gasteiger partial charge in [-0.05, 0) is 35.4 Å². The second-order valence-electron chi connectivity index (χ2n) is 4.87. The second-order valence-corrected chi connectivity index (χ2v) is 4.87.